The third-order valence-corrected chi connectivity index (χ3v) is 5.07. The summed E-state index contributed by atoms with van der Waals surface area (Å²) in [5.41, 5.74) is 1.04. The van der Waals surface area contributed by atoms with Crippen molar-refractivity contribution in [2.24, 2.45) is 18.9 Å². The first kappa shape index (κ1) is 18.5. The first-order valence-electron chi connectivity index (χ1n) is 8.53. The molecule has 1 aliphatic carbocycles. The molecule has 0 aromatic carbocycles. The van der Waals surface area contributed by atoms with Crippen LogP contribution in [-0.4, -0.2) is 35.4 Å². The number of fused-ring (bicyclic) bond motifs is 1. The highest BCUT2D eigenvalue weighted by atomic mass is 19.4. The number of hydrogen-bond donors (Lipinski definition) is 0. The molecule has 0 amide bonds. The zero-order valence-electron chi connectivity index (χ0n) is 14.7. The van der Waals surface area contributed by atoms with E-state index in [-0.39, 0.29) is 18.8 Å². The first-order chi connectivity index (χ1) is 12.3. The van der Waals surface area contributed by atoms with Gasteiger partial charge in [0.1, 0.15) is 11.2 Å². The molecular weight excluding hydrogens is 349 g/mol. The Morgan fingerprint density at radius 1 is 1.31 bits per heavy atom. The normalized spacial score (nSPS) is 21.0. The molecule has 8 heteroatoms. The van der Waals surface area contributed by atoms with Crippen molar-refractivity contribution < 1.29 is 27.4 Å². The van der Waals surface area contributed by atoms with Crippen molar-refractivity contribution in [1.82, 2.24) is 9.55 Å². The number of ether oxygens (including phenoxy) is 2. The lowest BCUT2D eigenvalue weighted by Gasteiger charge is -2.29. The third kappa shape index (κ3) is 3.64. The summed E-state index contributed by atoms with van der Waals surface area (Å²) in [6, 6.07) is 3.47. The molecule has 0 spiro atoms. The Morgan fingerprint density at radius 3 is 2.62 bits per heavy atom. The number of rotatable bonds is 4. The molecule has 1 aliphatic rings. The van der Waals surface area contributed by atoms with Crippen molar-refractivity contribution in [2.75, 3.05) is 13.7 Å². The number of methoxy groups -OCH3 is 1. The van der Waals surface area contributed by atoms with E-state index < -0.39 is 18.1 Å². The fraction of sp³-hybridized carbons (Fsp3) is 0.556. The van der Waals surface area contributed by atoms with Crippen molar-refractivity contribution >= 4 is 16.9 Å². The Morgan fingerprint density at radius 2 is 2.00 bits per heavy atom. The van der Waals surface area contributed by atoms with Gasteiger partial charge in [0.05, 0.1) is 19.6 Å². The lowest BCUT2D eigenvalue weighted by Crippen LogP contribution is -2.29. The molecule has 2 aromatic heterocycles. The van der Waals surface area contributed by atoms with Crippen LogP contribution in [0.1, 0.15) is 36.2 Å². The molecule has 0 atom stereocenters. The molecule has 1 saturated carbocycles. The van der Waals surface area contributed by atoms with Crippen LogP contribution in [0.3, 0.4) is 0 Å². The second-order valence-corrected chi connectivity index (χ2v) is 6.70. The van der Waals surface area contributed by atoms with Crippen LogP contribution in [0.2, 0.25) is 0 Å². The summed E-state index contributed by atoms with van der Waals surface area (Å²) in [4.78, 5) is 16.1. The monoisotopic (exact) mass is 370 g/mol. The van der Waals surface area contributed by atoms with Gasteiger partial charge in [-0.3, -0.25) is 0 Å². The lowest BCUT2D eigenvalue weighted by molar-refractivity contribution is -0.184. The van der Waals surface area contributed by atoms with Crippen LogP contribution in [-0.2, 0) is 11.8 Å². The fourth-order valence-electron chi connectivity index (χ4n) is 3.53. The molecule has 2 aromatic rings. The molecule has 0 unspecified atom stereocenters. The van der Waals surface area contributed by atoms with Crippen LogP contribution in [0.5, 0.6) is 5.88 Å². The van der Waals surface area contributed by atoms with Gasteiger partial charge in [0, 0.05) is 18.6 Å². The number of aryl methyl sites for hydroxylation is 1. The fourth-order valence-corrected chi connectivity index (χ4v) is 3.53. The summed E-state index contributed by atoms with van der Waals surface area (Å²) in [7, 11) is 3.03. The standard InChI is InChI=1S/C18H21F3N2O3/c1-23-14(17(24)25-2)9-12-7-8-22-16(15(12)23)26-10-11-3-5-13(6-4-11)18(19,20)21/h7-9,11,13H,3-6,10H2,1-2H3. The highest BCUT2D eigenvalue weighted by molar-refractivity contribution is 5.96. The number of carbonyl (C=O) groups excluding carboxylic acids is 1. The number of alkyl halides is 3. The molecular formula is C18H21F3N2O3. The molecule has 5 nitrogen and oxygen atoms in total. The van der Waals surface area contributed by atoms with Crippen LogP contribution in [0.25, 0.3) is 10.9 Å². The van der Waals surface area contributed by atoms with Crippen LogP contribution in [0.4, 0.5) is 13.2 Å². The Labute approximate surface area is 149 Å². The van der Waals surface area contributed by atoms with Gasteiger partial charge in [-0.25, -0.2) is 9.78 Å². The van der Waals surface area contributed by atoms with Gasteiger partial charge >= 0.3 is 12.1 Å². The third-order valence-electron chi connectivity index (χ3n) is 5.07. The molecule has 3 rings (SSSR count). The summed E-state index contributed by atoms with van der Waals surface area (Å²) >= 11 is 0. The maximum atomic E-state index is 12.8. The van der Waals surface area contributed by atoms with Crippen LogP contribution >= 0.6 is 0 Å². The second kappa shape index (κ2) is 7.17. The minimum atomic E-state index is -4.10. The molecule has 26 heavy (non-hydrogen) atoms. The van der Waals surface area contributed by atoms with E-state index in [4.69, 9.17) is 9.47 Å². The van der Waals surface area contributed by atoms with E-state index in [2.05, 4.69) is 4.98 Å². The van der Waals surface area contributed by atoms with Crippen molar-refractivity contribution in [1.29, 1.82) is 0 Å². The van der Waals surface area contributed by atoms with Crippen molar-refractivity contribution in [2.45, 2.75) is 31.9 Å². The van der Waals surface area contributed by atoms with Crippen LogP contribution in [0, 0.1) is 11.8 Å². The van der Waals surface area contributed by atoms with E-state index in [0.29, 0.717) is 36.5 Å². The van der Waals surface area contributed by atoms with E-state index in [1.165, 1.54) is 7.11 Å². The minimum Gasteiger partial charge on any atom is -0.476 e. The second-order valence-electron chi connectivity index (χ2n) is 6.70. The van der Waals surface area contributed by atoms with E-state index in [1.54, 1.807) is 29.9 Å². The number of aromatic nitrogens is 2. The molecule has 0 radical (unpaired) electrons. The number of hydrogen-bond acceptors (Lipinski definition) is 4. The zero-order valence-corrected chi connectivity index (χ0v) is 14.7. The predicted molar refractivity (Wildman–Crippen MR) is 89.1 cm³/mol. The number of carbonyl (C=O) groups is 1. The lowest BCUT2D eigenvalue weighted by atomic mass is 9.82. The first-order valence-corrected chi connectivity index (χ1v) is 8.53. The van der Waals surface area contributed by atoms with Crippen molar-refractivity contribution in [3.05, 3.63) is 24.0 Å². The van der Waals surface area contributed by atoms with E-state index in [9.17, 15) is 18.0 Å². The minimum absolute atomic E-state index is 0.0750. The molecule has 1 fully saturated rings. The quantitative estimate of drug-likeness (QED) is 0.760. The predicted octanol–water partition coefficient (Wildman–Crippen LogP) is 4.11. The summed E-state index contributed by atoms with van der Waals surface area (Å²) in [6.07, 6.45) is -1.26. The van der Waals surface area contributed by atoms with E-state index >= 15 is 0 Å². The van der Waals surface area contributed by atoms with Crippen molar-refractivity contribution in [3.8, 4) is 5.88 Å². The van der Waals surface area contributed by atoms with Crippen LogP contribution < -0.4 is 4.74 Å². The Bertz CT molecular complexity index is 793. The summed E-state index contributed by atoms with van der Waals surface area (Å²) in [6.45, 7) is 0.315. The van der Waals surface area contributed by atoms with E-state index in [1.807, 2.05) is 0 Å². The summed E-state index contributed by atoms with van der Waals surface area (Å²) in [5, 5.41) is 0.790. The van der Waals surface area contributed by atoms with E-state index in [0.717, 1.165) is 5.39 Å². The number of pyridine rings is 1. The Hall–Kier alpha value is -2.25. The maximum absolute atomic E-state index is 12.8. The van der Waals surface area contributed by atoms with Gasteiger partial charge in [0.15, 0.2) is 0 Å². The molecule has 2 heterocycles. The largest absolute Gasteiger partial charge is 0.476 e. The van der Waals surface area contributed by atoms with Gasteiger partial charge in [-0.05, 0) is 43.7 Å². The summed E-state index contributed by atoms with van der Waals surface area (Å²) < 4.78 is 50.5. The van der Waals surface area contributed by atoms with Crippen molar-refractivity contribution in [3.63, 3.8) is 0 Å². The highest BCUT2D eigenvalue weighted by Gasteiger charge is 2.41. The van der Waals surface area contributed by atoms with Gasteiger partial charge in [-0.1, -0.05) is 0 Å². The zero-order chi connectivity index (χ0) is 18.9. The average Bonchev–Trinajstić information content (AvgIpc) is 2.96. The van der Waals surface area contributed by atoms with Gasteiger partial charge in [0.25, 0.3) is 0 Å². The van der Waals surface area contributed by atoms with Gasteiger partial charge < -0.3 is 14.0 Å². The Kier molecular flexibility index (Phi) is 5.11. The molecule has 142 valence electrons. The highest BCUT2D eigenvalue weighted by Crippen LogP contribution is 2.39. The topological polar surface area (TPSA) is 53.4 Å². The Balaban J connectivity index is 1.70. The number of nitrogens with zero attached hydrogens (tertiary/aromatic N) is 2. The molecule has 0 saturated heterocycles. The molecule has 0 bridgehead atoms. The molecule has 0 aliphatic heterocycles. The van der Waals surface area contributed by atoms with Gasteiger partial charge in [-0.2, -0.15) is 13.2 Å². The SMILES string of the molecule is COC(=O)c1cc2ccnc(OCC3CCC(C(F)(F)F)CC3)c2n1C. The smallest absolute Gasteiger partial charge is 0.391 e. The summed E-state index contributed by atoms with van der Waals surface area (Å²) in [5.74, 6) is -1.21. The molecule has 0 N–H and O–H groups in total. The maximum Gasteiger partial charge on any atom is 0.391 e. The number of halogens is 3. The van der Waals surface area contributed by atoms with Gasteiger partial charge in [0.2, 0.25) is 5.88 Å². The number of esters is 1. The van der Waals surface area contributed by atoms with Crippen LogP contribution in [0.15, 0.2) is 18.3 Å². The average molecular weight is 370 g/mol. The van der Waals surface area contributed by atoms with Gasteiger partial charge in [-0.15, -0.1) is 0 Å².